The molecule has 0 radical (unpaired) electrons. The van der Waals surface area contributed by atoms with Gasteiger partial charge in [0.15, 0.2) is 5.16 Å². The van der Waals surface area contributed by atoms with Crippen LogP contribution < -0.4 is 10.5 Å². The molecule has 1 aliphatic heterocycles. The predicted octanol–water partition coefficient (Wildman–Crippen LogP) is 2.55. The Balaban J connectivity index is 1.44. The van der Waals surface area contributed by atoms with E-state index in [-0.39, 0.29) is 11.5 Å². The van der Waals surface area contributed by atoms with Crippen molar-refractivity contribution in [3.8, 4) is 0 Å². The number of rotatable bonds is 7. The molecular weight excluding hydrogens is 360 g/mol. The average molecular weight is 387 g/mol. The van der Waals surface area contributed by atoms with Crippen molar-refractivity contribution >= 4 is 23.4 Å². The lowest BCUT2D eigenvalue weighted by atomic mass is 10.2. The fourth-order valence-electron chi connectivity index (χ4n) is 3.18. The summed E-state index contributed by atoms with van der Waals surface area (Å²) in [6.45, 7) is 5.28. The quantitative estimate of drug-likeness (QED) is 0.585. The molecule has 1 aromatic carbocycles. The third-order valence-electron chi connectivity index (χ3n) is 4.59. The summed E-state index contributed by atoms with van der Waals surface area (Å²) in [6, 6.07) is 11.9. The molecule has 1 N–H and O–H groups in total. The molecule has 1 aliphatic rings. The van der Waals surface area contributed by atoms with Gasteiger partial charge in [-0.15, -0.1) is 0 Å². The van der Waals surface area contributed by atoms with E-state index in [4.69, 9.17) is 0 Å². The van der Waals surface area contributed by atoms with Crippen LogP contribution in [0, 0.1) is 0 Å². The van der Waals surface area contributed by atoms with E-state index in [0.717, 1.165) is 44.7 Å². The molecule has 7 heteroatoms. The lowest BCUT2D eigenvalue weighted by molar-refractivity contribution is -0.131. The largest absolute Gasteiger partial charge is 0.368 e. The van der Waals surface area contributed by atoms with E-state index in [0.29, 0.717) is 17.3 Å². The first kappa shape index (κ1) is 19.5. The van der Waals surface area contributed by atoms with Crippen LogP contribution in [0.1, 0.15) is 25.5 Å². The number of piperazine rings is 1. The Labute approximate surface area is 164 Å². The number of amides is 1. The summed E-state index contributed by atoms with van der Waals surface area (Å²) in [7, 11) is 0. The summed E-state index contributed by atoms with van der Waals surface area (Å²) in [4.78, 5) is 35.6. The Morgan fingerprint density at radius 3 is 2.63 bits per heavy atom. The first-order valence-electron chi connectivity index (χ1n) is 9.46. The Bertz CT molecular complexity index is 801. The van der Waals surface area contributed by atoms with E-state index < -0.39 is 0 Å². The number of aromatic amines is 1. The maximum Gasteiger partial charge on any atom is 0.251 e. The Kier molecular flexibility index (Phi) is 6.92. The van der Waals surface area contributed by atoms with E-state index in [1.165, 1.54) is 17.4 Å². The molecular formula is C20H26N4O2S. The standard InChI is InChI=1S/C20H26N4O2S/c1-2-6-16-15-18(25)22-20(21-16)27-14-9-19(26)24-12-10-23(11-13-24)17-7-4-3-5-8-17/h3-5,7-8,15H,2,6,9-14H2,1H3,(H,21,22,25). The number of hydrogen-bond donors (Lipinski definition) is 1. The van der Waals surface area contributed by atoms with Crippen molar-refractivity contribution in [2.75, 3.05) is 36.8 Å². The average Bonchev–Trinajstić information content (AvgIpc) is 2.68. The summed E-state index contributed by atoms with van der Waals surface area (Å²) in [5.41, 5.74) is 1.90. The topological polar surface area (TPSA) is 69.3 Å². The van der Waals surface area contributed by atoms with Crippen LogP contribution in [0.3, 0.4) is 0 Å². The molecule has 0 bridgehead atoms. The second-order valence-electron chi connectivity index (χ2n) is 6.59. The van der Waals surface area contributed by atoms with Crippen molar-refractivity contribution in [3.63, 3.8) is 0 Å². The summed E-state index contributed by atoms with van der Waals surface area (Å²) >= 11 is 1.44. The number of H-pyrrole nitrogens is 1. The number of para-hydroxylation sites is 1. The minimum Gasteiger partial charge on any atom is -0.368 e. The predicted molar refractivity (Wildman–Crippen MR) is 109 cm³/mol. The third kappa shape index (κ3) is 5.60. The van der Waals surface area contributed by atoms with Gasteiger partial charge in [0.1, 0.15) is 0 Å². The van der Waals surface area contributed by atoms with Gasteiger partial charge >= 0.3 is 0 Å². The molecule has 144 valence electrons. The highest BCUT2D eigenvalue weighted by atomic mass is 32.2. The van der Waals surface area contributed by atoms with Crippen LogP contribution in [0.4, 0.5) is 5.69 Å². The molecule has 1 amide bonds. The zero-order valence-corrected chi connectivity index (χ0v) is 16.5. The Morgan fingerprint density at radius 2 is 1.93 bits per heavy atom. The minimum absolute atomic E-state index is 0.126. The van der Waals surface area contributed by atoms with Gasteiger partial charge < -0.3 is 14.8 Å². The lowest BCUT2D eigenvalue weighted by Crippen LogP contribution is -2.48. The van der Waals surface area contributed by atoms with Crippen LogP contribution in [0.5, 0.6) is 0 Å². The number of carbonyl (C=O) groups is 1. The van der Waals surface area contributed by atoms with E-state index in [9.17, 15) is 9.59 Å². The van der Waals surface area contributed by atoms with E-state index >= 15 is 0 Å². The fourth-order valence-corrected chi connectivity index (χ4v) is 4.01. The fraction of sp³-hybridized carbons (Fsp3) is 0.450. The van der Waals surface area contributed by atoms with Crippen molar-refractivity contribution in [1.82, 2.24) is 14.9 Å². The molecule has 6 nitrogen and oxygen atoms in total. The van der Waals surface area contributed by atoms with Crippen LogP contribution in [0.25, 0.3) is 0 Å². The zero-order valence-electron chi connectivity index (χ0n) is 15.7. The van der Waals surface area contributed by atoms with Gasteiger partial charge in [0.05, 0.1) is 0 Å². The van der Waals surface area contributed by atoms with Crippen LogP contribution in [0.2, 0.25) is 0 Å². The number of nitrogens with one attached hydrogen (secondary N) is 1. The number of benzene rings is 1. The smallest absolute Gasteiger partial charge is 0.251 e. The molecule has 0 saturated carbocycles. The number of carbonyl (C=O) groups excluding carboxylic acids is 1. The highest BCUT2D eigenvalue weighted by molar-refractivity contribution is 7.99. The molecule has 0 aliphatic carbocycles. The molecule has 0 spiro atoms. The van der Waals surface area contributed by atoms with Gasteiger partial charge in [0.25, 0.3) is 5.56 Å². The number of aryl methyl sites for hydroxylation is 1. The number of nitrogens with zero attached hydrogens (tertiary/aromatic N) is 3. The number of thioether (sulfide) groups is 1. The van der Waals surface area contributed by atoms with Crippen molar-refractivity contribution in [2.24, 2.45) is 0 Å². The molecule has 1 fully saturated rings. The van der Waals surface area contributed by atoms with E-state index in [1.807, 2.05) is 23.1 Å². The second kappa shape index (κ2) is 9.60. The molecule has 27 heavy (non-hydrogen) atoms. The Hall–Kier alpha value is -2.28. The molecule has 1 aromatic heterocycles. The highest BCUT2D eigenvalue weighted by Crippen LogP contribution is 2.17. The monoisotopic (exact) mass is 386 g/mol. The van der Waals surface area contributed by atoms with Crippen molar-refractivity contribution in [2.45, 2.75) is 31.3 Å². The second-order valence-corrected chi connectivity index (χ2v) is 7.68. The van der Waals surface area contributed by atoms with Crippen molar-refractivity contribution in [3.05, 3.63) is 52.4 Å². The summed E-state index contributed by atoms with van der Waals surface area (Å²) < 4.78 is 0. The first-order chi connectivity index (χ1) is 13.2. The van der Waals surface area contributed by atoms with E-state index in [2.05, 4.69) is 33.9 Å². The molecule has 0 unspecified atom stereocenters. The van der Waals surface area contributed by atoms with Gasteiger partial charge in [0, 0.05) is 55.8 Å². The van der Waals surface area contributed by atoms with Gasteiger partial charge in [-0.25, -0.2) is 4.98 Å². The molecule has 0 atom stereocenters. The molecule has 1 saturated heterocycles. The maximum absolute atomic E-state index is 12.5. The van der Waals surface area contributed by atoms with Gasteiger partial charge in [0.2, 0.25) is 5.91 Å². The van der Waals surface area contributed by atoms with Gasteiger partial charge in [-0.05, 0) is 18.6 Å². The van der Waals surface area contributed by atoms with Crippen LogP contribution in [0.15, 0.2) is 46.3 Å². The molecule has 2 aromatic rings. The third-order valence-corrected chi connectivity index (χ3v) is 5.46. The van der Waals surface area contributed by atoms with E-state index in [1.54, 1.807) is 6.07 Å². The van der Waals surface area contributed by atoms with Crippen molar-refractivity contribution in [1.29, 1.82) is 0 Å². The van der Waals surface area contributed by atoms with Gasteiger partial charge in [-0.3, -0.25) is 9.59 Å². The lowest BCUT2D eigenvalue weighted by Gasteiger charge is -2.36. The molecule has 2 heterocycles. The highest BCUT2D eigenvalue weighted by Gasteiger charge is 2.21. The van der Waals surface area contributed by atoms with Gasteiger partial charge in [-0.1, -0.05) is 43.3 Å². The normalized spacial score (nSPS) is 14.4. The Morgan fingerprint density at radius 1 is 1.19 bits per heavy atom. The summed E-state index contributed by atoms with van der Waals surface area (Å²) in [6.07, 6.45) is 2.20. The zero-order chi connectivity index (χ0) is 19.1. The number of anilines is 1. The maximum atomic E-state index is 12.5. The summed E-state index contributed by atoms with van der Waals surface area (Å²) in [5.74, 6) is 0.790. The van der Waals surface area contributed by atoms with Crippen molar-refractivity contribution < 1.29 is 4.79 Å². The SMILES string of the molecule is CCCc1cc(=O)[nH]c(SCCC(=O)N2CCN(c3ccccc3)CC2)n1. The van der Waals surface area contributed by atoms with Crippen LogP contribution in [-0.4, -0.2) is 52.7 Å². The summed E-state index contributed by atoms with van der Waals surface area (Å²) in [5, 5.41) is 0.604. The van der Waals surface area contributed by atoms with Crippen LogP contribution >= 0.6 is 11.8 Å². The number of hydrogen-bond acceptors (Lipinski definition) is 5. The minimum atomic E-state index is -0.126. The first-order valence-corrected chi connectivity index (χ1v) is 10.4. The molecule has 3 rings (SSSR count). The van der Waals surface area contributed by atoms with Crippen LogP contribution in [-0.2, 0) is 11.2 Å². The number of aromatic nitrogens is 2. The van der Waals surface area contributed by atoms with Gasteiger partial charge in [-0.2, -0.15) is 0 Å².